The third kappa shape index (κ3) is 6.55. The van der Waals surface area contributed by atoms with E-state index in [4.69, 9.17) is 4.74 Å². The number of rotatable bonds is 8. The maximum atomic E-state index is 13.2. The second kappa shape index (κ2) is 10.9. The second-order valence-electron chi connectivity index (χ2n) is 6.88. The molecule has 0 heterocycles. The van der Waals surface area contributed by atoms with Crippen LogP contribution < -0.4 is 10.6 Å². The fourth-order valence-electron chi connectivity index (χ4n) is 2.62. The summed E-state index contributed by atoms with van der Waals surface area (Å²) < 4.78 is 18.2. The van der Waals surface area contributed by atoms with Gasteiger partial charge in [-0.25, -0.2) is 9.18 Å². The molecule has 0 unspecified atom stereocenters. The summed E-state index contributed by atoms with van der Waals surface area (Å²) in [5.74, 6) is -2.36. The molecule has 2 aromatic carbocycles. The van der Waals surface area contributed by atoms with Gasteiger partial charge in [0, 0.05) is 5.56 Å². The van der Waals surface area contributed by atoms with E-state index in [1.54, 1.807) is 51.1 Å². The molecule has 0 radical (unpaired) electrons. The Morgan fingerprint density at radius 3 is 2.23 bits per heavy atom. The number of hydrogen-bond donors (Lipinski definition) is 2. The normalized spacial score (nSPS) is 12.2. The second-order valence-corrected chi connectivity index (χ2v) is 6.88. The van der Waals surface area contributed by atoms with Crippen molar-refractivity contribution >= 4 is 23.9 Å². The zero-order valence-corrected chi connectivity index (χ0v) is 17.1. The number of esters is 1. The van der Waals surface area contributed by atoms with Crippen molar-refractivity contribution in [1.82, 2.24) is 10.6 Å². The van der Waals surface area contributed by atoms with Gasteiger partial charge in [0.25, 0.3) is 11.8 Å². The molecule has 0 spiro atoms. The van der Waals surface area contributed by atoms with Crippen LogP contribution in [-0.4, -0.2) is 30.4 Å². The van der Waals surface area contributed by atoms with E-state index in [1.165, 1.54) is 30.3 Å². The molecule has 0 saturated heterocycles. The lowest BCUT2D eigenvalue weighted by atomic mass is 10.0. The quantitative estimate of drug-likeness (QED) is 0.515. The molecule has 0 aromatic heterocycles. The number of hydrogen-bond acceptors (Lipinski definition) is 4. The number of halogens is 1. The maximum absolute atomic E-state index is 13.2. The molecule has 0 aliphatic heterocycles. The number of nitrogens with one attached hydrogen (secondary N) is 2. The Balaban J connectivity index is 2.31. The molecular formula is C23H25FN2O4. The highest BCUT2D eigenvalue weighted by Gasteiger charge is 2.27. The molecule has 2 aromatic rings. The zero-order valence-electron chi connectivity index (χ0n) is 17.1. The van der Waals surface area contributed by atoms with Gasteiger partial charge in [-0.05, 0) is 48.7 Å². The van der Waals surface area contributed by atoms with Crippen molar-refractivity contribution in [2.45, 2.75) is 26.8 Å². The maximum Gasteiger partial charge on any atom is 0.328 e. The van der Waals surface area contributed by atoms with E-state index in [2.05, 4.69) is 10.6 Å². The van der Waals surface area contributed by atoms with Crippen LogP contribution in [0.1, 0.15) is 36.7 Å². The molecule has 30 heavy (non-hydrogen) atoms. The van der Waals surface area contributed by atoms with Gasteiger partial charge in [0.05, 0.1) is 6.61 Å². The highest BCUT2D eigenvalue weighted by molar-refractivity contribution is 6.06. The summed E-state index contributed by atoms with van der Waals surface area (Å²) in [6, 6.07) is 12.9. The van der Waals surface area contributed by atoms with Crippen molar-refractivity contribution in [3.63, 3.8) is 0 Å². The SMILES string of the molecule is CCOC(=O)[C@H](NC(=O)/C(=C/c1ccc(F)cc1)NC(=O)c1ccccc1)C(C)C. The van der Waals surface area contributed by atoms with E-state index in [0.717, 1.165) is 0 Å². The molecule has 0 saturated carbocycles. The highest BCUT2D eigenvalue weighted by Crippen LogP contribution is 2.11. The first-order valence-electron chi connectivity index (χ1n) is 9.63. The van der Waals surface area contributed by atoms with Gasteiger partial charge < -0.3 is 15.4 Å². The largest absolute Gasteiger partial charge is 0.464 e. The van der Waals surface area contributed by atoms with Crippen molar-refractivity contribution in [3.8, 4) is 0 Å². The topological polar surface area (TPSA) is 84.5 Å². The summed E-state index contributed by atoms with van der Waals surface area (Å²) in [5.41, 5.74) is 0.790. The third-order valence-electron chi connectivity index (χ3n) is 4.20. The van der Waals surface area contributed by atoms with Crippen molar-refractivity contribution in [2.24, 2.45) is 5.92 Å². The molecule has 2 amide bonds. The van der Waals surface area contributed by atoms with Crippen molar-refractivity contribution in [1.29, 1.82) is 0 Å². The Morgan fingerprint density at radius 2 is 1.67 bits per heavy atom. The smallest absolute Gasteiger partial charge is 0.328 e. The van der Waals surface area contributed by atoms with Crippen LogP contribution in [0.25, 0.3) is 6.08 Å². The predicted molar refractivity (Wildman–Crippen MR) is 112 cm³/mol. The molecule has 2 N–H and O–H groups in total. The van der Waals surface area contributed by atoms with Gasteiger partial charge in [0.15, 0.2) is 0 Å². The first kappa shape index (κ1) is 22.8. The van der Waals surface area contributed by atoms with Gasteiger partial charge >= 0.3 is 5.97 Å². The average molecular weight is 412 g/mol. The number of carbonyl (C=O) groups excluding carboxylic acids is 3. The summed E-state index contributed by atoms with van der Waals surface area (Å²) in [4.78, 5) is 37.7. The fourth-order valence-corrected chi connectivity index (χ4v) is 2.62. The minimum Gasteiger partial charge on any atom is -0.464 e. The first-order valence-corrected chi connectivity index (χ1v) is 9.63. The summed E-state index contributed by atoms with van der Waals surface area (Å²) in [5, 5.41) is 5.19. The van der Waals surface area contributed by atoms with Crippen LogP contribution >= 0.6 is 0 Å². The van der Waals surface area contributed by atoms with Crippen molar-refractivity contribution < 1.29 is 23.5 Å². The molecule has 2 rings (SSSR count). The van der Waals surface area contributed by atoms with Crippen LogP contribution in [0.2, 0.25) is 0 Å². The Kier molecular flexibility index (Phi) is 8.29. The van der Waals surface area contributed by atoms with Gasteiger partial charge in [-0.1, -0.05) is 44.2 Å². The number of carbonyl (C=O) groups is 3. The molecule has 0 aliphatic rings. The van der Waals surface area contributed by atoms with Crippen LogP contribution in [0.5, 0.6) is 0 Å². The lowest BCUT2D eigenvalue weighted by Crippen LogP contribution is -2.47. The number of benzene rings is 2. The summed E-state index contributed by atoms with van der Waals surface area (Å²) >= 11 is 0. The number of amides is 2. The minimum absolute atomic E-state index is 0.0783. The molecule has 1 atom stereocenters. The van der Waals surface area contributed by atoms with E-state index in [-0.39, 0.29) is 18.2 Å². The monoisotopic (exact) mass is 412 g/mol. The highest BCUT2D eigenvalue weighted by atomic mass is 19.1. The molecule has 0 aliphatic carbocycles. The van der Waals surface area contributed by atoms with E-state index < -0.39 is 29.6 Å². The molecular weight excluding hydrogens is 387 g/mol. The lowest BCUT2D eigenvalue weighted by Gasteiger charge is -2.21. The Hall–Kier alpha value is -3.48. The van der Waals surface area contributed by atoms with Crippen LogP contribution in [-0.2, 0) is 14.3 Å². The van der Waals surface area contributed by atoms with Gasteiger partial charge in [-0.3, -0.25) is 9.59 Å². The standard InChI is InChI=1S/C23H25FN2O4/c1-4-30-23(29)20(15(2)3)26-22(28)19(14-16-10-12-18(24)13-11-16)25-21(27)17-8-6-5-7-9-17/h5-15,20H,4H2,1-3H3,(H,25,27)(H,26,28)/b19-14-/t20-/m1/s1. The molecule has 0 fully saturated rings. The number of ether oxygens (including phenoxy) is 1. The molecule has 158 valence electrons. The predicted octanol–water partition coefficient (Wildman–Crippen LogP) is 3.30. The van der Waals surface area contributed by atoms with Gasteiger partial charge in [0.2, 0.25) is 0 Å². The fraction of sp³-hybridized carbons (Fsp3) is 0.261. The minimum atomic E-state index is -0.886. The van der Waals surface area contributed by atoms with E-state index in [9.17, 15) is 18.8 Å². The summed E-state index contributed by atoms with van der Waals surface area (Å²) in [6.45, 7) is 5.40. The Bertz CT molecular complexity index is 909. The van der Waals surface area contributed by atoms with Crippen LogP contribution in [0.4, 0.5) is 4.39 Å². The summed E-state index contributed by atoms with van der Waals surface area (Å²) in [6.07, 6.45) is 1.41. The van der Waals surface area contributed by atoms with E-state index in [1.807, 2.05) is 0 Å². The zero-order chi connectivity index (χ0) is 22.1. The van der Waals surface area contributed by atoms with Gasteiger partial charge in [-0.2, -0.15) is 0 Å². The van der Waals surface area contributed by atoms with Crippen LogP contribution in [0, 0.1) is 11.7 Å². The molecule has 0 bridgehead atoms. The van der Waals surface area contributed by atoms with Crippen LogP contribution in [0.3, 0.4) is 0 Å². The Labute approximate surface area is 175 Å². The van der Waals surface area contributed by atoms with E-state index >= 15 is 0 Å². The van der Waals surface area contributed by atoms with Crippen molar-refractivity contribution in [3.05, 3.63) is 77.2 Å². The van der Waals surface area contributed by atoms with E-state index in [0.29, 0.717) is 11.1 Å². The molecule has 7 heteroatoms. The average Bonchev–Trinajstić information content (AvgIpc) is 2.73. The summed E-state index contributed by atoms with van der Waals surface area (Å²) in [7, 11) is 0. The molecule has 6 nitrogen and oxygen atoms in total. The van der Waals surface area contributed by atoms with Gasteiger partial charge in [-0.15, -0.1) is 0 Å². The lowest BCUT2D eigenvalue weighted by molar-refractivity contribution is -0.148. The third-order valence-corrected chi connectivity index (χ3v) is 4.20. The van der Waals surface area contributed by atoms with Crippen molar-refractivity contribution in [2.75, 3.05) is 6.61 Å². The van der Waals surface area contributed by atoms with Gasteiger partial charge in [0.1, 0.15) is 17.6 Å². The first-order chi connectivity index (χ1) is 14.3. The van der Waals surface area contributed by atoms with Crippen LogP contribution in [0.15, 0.2) is 60.3 Å². The Morgan fingerprint density at radius 1 is 1.03 bits per heavy atom.